The summed E-state index contributed by atoms with van der Waals surface area (Å²) in [6.07, 6.45) is -3.91. The van der Waals surface area contributed by atoms with Gasteiger partial charge in [0.2, 0.25) is 0 Å². The fraction of sp³-hybridized carbons (Fsp3) is 1.00. The summed E-state index contributed by atoms with van der Waals surface area (Å²) in [5.41, 5.74) is 5.78. The number of hydrogen-bond acceptors (Lipinski definition) is 3. The Hall–Kier alpha value is -0.330. The van der Waals surface area contributed by atoms with Crippen LogP contribution in [0.15, 0.2) is 0 Å². The van der Waals surface area contributed by atoms with E-state index in [0.29, 0.717) is 13.2 Å². The molecular weight excluding hydrogens is 257 g/mol. The van der Waals surface area contributed by atoms with Gasteiger partial charge in [0.05, 0.1) is 12.5 Å². The topological polar surface area (TPSA) is 47.3 Å². The molecule has 3 N–H and O–H groups in total. The minimum Gasteiger partial charge on any atom is -0.377 e. The predicted octanol–water partition coefficient (Wildman–Crippen LogP) is 2.06. The van der Waals surface area contributed by atoms with Gasteiger partial charge in [-0.2, -0.15) is 13.2 Å². The zero-order valence-electron chi connectivity index (χ0n) is 11.7. The lowest BCUT2D eigenvalue weighted by Gasteiger charge is -2.62. The summed E-state index contributed by atoms with van der Waals surface area (Å²) in [7, 11) is 0. The number of nitrogens with one attached hydrogen (secondary N) is 1. The van der Waals surface area contributed by atoms with Crippen LogP contribution >= 0.6 is 0 Å². The molecule has 0 spiro atoms. The van der Waals surface area contributed by atoms with Crippen molar-refractivity contribution in [1.82, 2.24) is 5.32 Å². The van der Waals surface area contributed by atoms with Gasteiger partial charge in [-0.1, -0.05) is 13.8 Å². The average molecular weight is 280 g/mol. The van der Waals surface area contributed by atoms with Crippen molar-refractivity contribution >= 4 is 0 Å². The van der Waals surface area contributed by atoms with E-state index in [-0.39, 0.29) is 17.4 Å². The van der Waals surface area contributed by atoms with E-state index in [9.17, 15) is 13.2 Å². The maximum atomic E-state index is 12.3. The Morgan fingerprint density at radius 2 is 2.05 bits per heavy atom. The van der Waals surface area contributed by atoms with E-state index in [1.54, 1.807) is 6.92 Å². The van der Waals surface area contributed by atoms with Gasteiger partial charge < -0.3 is 15.8 Å². The molecule has 1 heterocycles. The quantitative estimate of drug-likeness (QED) is 0.828. The highest BCUT2D eigenvalue weighted by atomic mass is 19.4. The summed E-state index contributed by atoms with van der Waals surface area (Å²) in [6.45, 7) is 6.73. The van der Waals surface area contributed by atoms with Crippen molar-refractivity contribution in [3.8, 4) is 0 Å². The third-order valence-corrected chi connectivity index (χ3v) is 4.94. The molecule has 2 fully saturated rings. The molecule has 1 aliphatic carbocycles. The normalized spacial score (nSPS) is 38.7. The van der Waals surface area contributed by atoms with E-state index in [1.165, 1.54) is 0 Å². The Labute approximate surface area is 112 Å². The lowest BCUT2D eigenvalue weighted by molar-refractivity contribution is -0.157. The van der Waals surface area contributed by atoms with Gasteiger partial charge in [-0.25, -0.2) is 0 Å². The molecule has 0 aromatic heterocycles. The summed E-state index contributed by atoms with van der Waals surface area (Å²) in [5, 5.41) is 2.95. The third kappa shape index (κ3) is 2.50. The van der Waals surface area contributed by atoms with Crippen LogP contribution in [0.2, 0.25) is 0 Å². The first-order valence-corrected chi connectivity index (χ1v) is 6.78. The fourth-order valence-electron chi connectivity index (χ4n) is 3.60. The molecule has 4 unspecified atom stereocenters. The smallest absolute Gasteiger partial charge is 0.377 e. The molecule has 2 aliphatic rings. The van der Waals surface area contributed by atoms with Crippen LogP contribution in [0.4, 0.5) is 13.2 Å². The van der Waals surface area contributed by atoms with Crippen molar-refractivity contribution in [2.75, 3.05) is 13.2 Å². The summed E-state index contributed by atoms with van der Waals surface area (Å²) in [5.74, 6) is 0.257. The van der Waals surface area contributed by atoms with Gasteiger partial charge in [0, 0.05) is 36.1 Å². The average Bonchev–Trinajstić information content (AvgIpc) is 2.71. The largest absolute Gasteiger partial charge is 0.390 e. The number of nitrogens with two attached hydrogens (primary N) is 1. The van der Waals surface area contributed by atoms with Crippen LogP contribution in [-0.2, 0) is 4.74 Å². The van der Waals surface area contributed by atoms with Gasteiger partial charge >= 0.3 is 6.18 Å². The second-order valence-corrected chi connectivity index (χ2v) is 6.55. The number of hydrogen-bond donors (Lipinski definition) is 2. The van der Waals surface area contributed by atoms with Gasteiger partial charge in [0.1, 0.15) is 0 Å². The van der Waals surface area contributed by atoms with Crippen molar-refractivity contribution in [3.05, 3.63) is 0 Å². The number of halogens is 3. The molecular formula is C13H23F3N2O. The maximum absolute atomic E-state index is 12.3. The number of alkyl halides is 3. The Balaban J connectivity index is 1.92. The standard InChI is InChI=1S/C13H23F3N2O/c1-8(6-13(14,15)16)18-7-12(17)9-4-5-19-10(9)11(12,2)3/h8-10,18H,4-7,17H2,1-3H3. The van der Waals surface area contributed by atoms with Crippen LogP contribution in [0.3, 0.4) is 0 Å². The molecule has 4 atom stereocenters. The molecule has 19 heavy (non-hydrogen) atoms. The number of rotatable bonds is 4. The van der Waals surface area contributed by atoms with Crippen LogP contribution in [0.1, 0.15) is 33.6 Å². The zero-order chi connectivity index (χ0) is 14.5. The van der Waals surface area contributed by atoms with Crippen LogP contribution < -0.4 is 11.1 Å². The van der Waals surface area contributed by atoms with Crippen LogP contribution in [0.5, 0.6) is 0 Å². The zero-order valence-corrected chi connectivity index (χ0v) is 11.7. The number of fused-ring (bicyclic) bond motifs is 1. The summed E-state index contributed by atoms with van der Waals surface area (Å²) < 4.78 is 42.6. The first kappa shape index (κ1) is 15.1. The Morgan fingerprint density at radius 3 is 2.63 bits per heavy atom. The highest BCUT2D eigenvalue weighted by Crippen LogP contribution is 2.57. The highest BCUT2D eigenvalue weighted by molar-refractivity contribution is 5.21. The SMILES string of the molecule is CC(CC(F)(F)F)NCC1(N)C2CCOC2C1(C)C. The summed E-state index contributed by atoms with van der Waals surface area (Å²) in [6, 6.07) is -0.613. The maximum Gasteiger partial charge on any atom is 0.390 e. The van der Waals surface area contributed by atoms with Crippen molar-refractivity contribution < 1.29 is 17.9 Å². The molecule has 6 heteroatoms. The number of ether oxygens (including phenoxy) is 1. The van der Waals surface area contributed by atoms with Crippen LogP contribution in [0.25, 0.3) is 0 Å². The Bertz CT molecular complexity index is 345. The highest BCUT2D eigenvalue weighted by Gasteiger charge is 2.67. The monoisotopic (exact) mass is 280 g/mol. The van der Waals surface area contributed by atoms with E-state index in [4.69, 9.17) is 10.5 Å². The Morgan fingerprint density at radius 1 is 1.42 bits per heavy atom. The van der Waals surface area contributed by atoms with Crippen LogP contribution in [0, 0.1) is 11.3 Å². The molecule has 0 aromatic rings. The van der Waals surface area contributed by atoms with Crippen molar-refractivity contribution in [2.24, 2.45) is 17.1 Å². The molecule has 1 saturated carbocycles. The second kappa shape index (κ2) is 4.60. The first-order chi connectivity index (χ1) is 8.58. The van der Waals surface area contributed by atoms with Gasteiger partial charge in [-0.3, -0.25) is 0 Å². The van der Waals surface area contributed by atoms with Gasteiger partial charge in [-0.15, -0.1) is 0 Å². The molecule has 0 bridgehead atoms. The van der Waals surface area contributed by atoms with Crippen molar-refractivity contribution in [1.29, 1.82) is 0 Å². The van der Waals surface area contributed by atoms with E-state index in [1.807, 2.05) is 13.8 Å². The van der Waals surface area contributed by atoms with E-state index < -0.39 is 24.2 Å². The summed E-state index contributed by atoms with van der Waals surface area (Å²) in [4.78, 5) is 0. The lowest BCUT2D eigenvalue weighted by Crippen LogP contribution is -2.78. The second-order valence-electron chi connectivity index (χ2n) is 6.55. The molecule has 0 aromatic carbocycles. The molecule has 0 radical (unpaired) electrons. The van der Waals surface area contributed by atoms with Gasteiger partial charge in [0.15, 0.2) is 0 Å². The minimum atomic E-state index is -4.14. The van der Waals surface area contributed by atoms with Crippen LogP contribution in [-0.4, -0.2) is 37.0 Å². The van der Waals surface area contributed by atoms with Gasteiger partial charge in [0.25, 0.3) is 0 Å². The van der Waals surface area contributed by atoms with Crippen molar-refractivity contribution in [2.45, 2.75) is 57.5 Å². The van der Waals surface area contributed by atoms with E-state index >= 15 is 0 Å². The lowest BCUT2D eigenvalue weighted by atomic mass is 9.48. The van der Waals surface area contributed by atoms with E-state index in [0.717, 1.165) is 6.42 Å². The van der Waals surface area contributed by atoms with E-state index in [2.05, 4.69) is 5.32 Å². The molecule has 112 valence electrons. The summed E-state index contributed by atoms with van der Waals surface area (Å²) >= 11 is 0. The molecule has 1 aliphatic heterocycles. The molecule has 0 amide bonds. The Kier molecular flexibility index (Phi) is 3.65. The van der Waals surface area contributed by atoms with Gasteiger partial charge in [-0.05, 0) is 13.3 Å². The minimum absolute atomic E-state index is 0.150. The molecule has 3 nitrogen and oxygen atoms in total. The fourth-order valence-corrected chi connectivity index (χ4v) is 3.60. The molecule has 2 rings (SSSR count). The first-order valence-electron chi connectivity index (χ1n) is 6.78. The van der Waals surface area contributed by atoms with Crippen molar-refractivity contribution in [3.63, 3.8) is 0 Å². The third-order valence-electron chi connectivity index (χ3n) is 4.94. The predicted molar refractivity (Wildman–Crippen MR) is 66.7 cm³/mol. The molecule has 1 saturated heterocycles.